The van der Waals surface area contributed by atoms with Crippen LogP contribution >= 0.6 is 0 Å². The molecule has 35 heavy (non-hydrogen) atoms. The molecule has 9 heteroatoms. The van der Waals surface area contributed by atoms with Crippen molar-refractivity contribution < 1.29 is 28.5 Å². The van der Waals surface area contributed by atoms with Gasteiger partial charge in [0, 0.05) is 44.0 Å². The van der Waals surface area contributed by atoms with Gasteiger partial charge in [-0.05, 0) is 54.9 Å². The molecule has 0 saturated carbocycles. The van der Waals surface area contributed by atoms with Crippen LogP contribution in [0.4, 0.5) is 11.4 Å². The van der Waals surface area contributed by atoms with Crippen LogP contribution in [0.15, 0.2) is 36.4 Å². The number of likely N-dealkylation sites (N-methyl/N-ethyl adjacent to an activating group) is 1. The summed E-state index contributed by atoms with van der Waals surface area (Å²) >= 11 is 0. The van der Waals surface area contributed by atoms with Crippen molar-refractivity contribution >= 4 is 23.3 Å². The minimum atomic E-state index is -0.463. The quantitative estimate of drug-likeness (QED) is 0.486. The van der Waals surface area contributed by atoms with E-state index in [0.29, 0.717) is 29.4 Å². The van der Waals surface area contributed by atoms with Crippen LogP contribution in [0.1, 0.15) is 18.9 Å². The Morgan fingerprint density at radius 2 is 1.54 bits per heavy atom. The average molecular weight is 486 g/mol. The molecule has 1 saturated heterocycles. The molecule has 0 aliphatic carbocycles. The summed E-state index contributed by atoms with van der Waals surface area (Å²) in [7, 11) is 4.61. The average Bonchev–Trinajstić information content (AvgIpc) is 2.90. The lowest BCUT2D eigenvalue weighted by Gasteiger charge is -2.35. The maximum atomic E-state index is 12.2. The predicted octanol–water partition coefficient (Wildman–Crippen LogP) is 2.97. The highest BCUT2D eigenvalue weighted by Gasteiger charge is 2.17. The summed E-state index contributed by atoms with van der Waals surface area (Å²) in [5.74, 6) is 0.684. The number of carbonyl (C=O) groups excluding carboxylic acids is 2. The zero-order chi connectivity index (χ0) is 25.2. The van der Waals surface area contributed by atoms with Gasteiger partial charge in [-0.25, -0.2) is 0 Å². The molecular formula is C26H35N3O6. The molecule has 0 radical (unpaired) electrons. The molecule has 1 heterocycles. The van der Waals surface area contributed by atoms with Crippen molar-refractivity contribution in [2.24, 2.45) is 0 Å². The van der Waals surface area contributed by atoms with Gasteiger partial charge in [-0.2, -0.15) is 0 Å². The minimum absolute atomic E-state index is 0.117. The van der Waals surface area contributed by atoms with Gasteiger partial charge in [0.2, 0.25) is 5.75 Å². The van der Waals surface area contributed by atoms with E-state index in [4.69, 9.17) is 18.9 Å². The van der Waals surface area contributed by atoms with Gasteiger partial charge in [0.25, 0.3) is 5.91 Å². The van der Waals surface area contributed by atoms with Crippen LogP contribution in [0.2, 0.25) is 0 Å². The van der Waals surface area contributed by atoms with E-state index in [9.17, 15) is 9.59 Å². The fourth-order valence-electron chi connectivity index (χ4n) is 4.02. The van der Waals surface area contributed by atoms with E-state index in [1.54, 1.807) is 12.1 Å². The van der Waals surface area contributed by atoms with Crippen molar-refractivity contribution in [2.75, 3.05) is 70.9 Å². The predicted molar refractivity (Wildman–Crippen MR) is 135 cm³/mol. The first-order valence-electron chi connectivity index (χ1n) is 11.8. The molecule has 190 valence electrons. The van der Waals surface area contributed by atoms with Gasteiger partial charge < -0.3 is 34.1 Å². The molecule has 2 aromatic carbocycles. The van der Waals surface area contributed by atoms with E-state index < -0.39 is 5.97 Å². The first kappa shape index (κ1) is 26.2. The molecule has 9 nitrogen and oxygen atoms in total. The lowest BCUT2D eigenvalue weighted by atomic mass is 10.1. The van der Waals surface area contributed by atoms with Crippen LogP contribution < -0.4 is 24.4 Å². The van der Waals surface area contributed by atoms with Gasteiger partial charge >= 0.3 is 5.97 Å². The van der Waals surface area contributed by atoms with E-state index in [-0.39, 0.29) is 18.9 Å². The maximum Gasteiger partial charge on any atom is 0.306 e. The van der Waals surface area contributed by atoms with Crippen molar-refractivity contribution in [1.29, 1.82) is 0 Å². The topological polar surface area (TPSA) is 89.6 Å². The molecule has 0 bridgehead atoms. The normalized spacial score (nSPS) is 13.8. The van der Waals surface area contributed by atoms with Crippen LogP contribution in [0, 0.1) is 0 Å². The Hall–Kier alpha value is -3.46. The molecule has 0 spiro atoms. The van der Waals surface area contributed by atoms with Gasteiger partial charge in [-0.3, -0.25) is 9.59 Å². The summed E-state index contributed by atoms with van der Waals surface area (Å²) in [5.41, 5.74) is 2.63. The Morgan fingerprint density at radius 1 is 0.914 bits per heavy atom. The fourth-order valence-corrected chi connectivity index (χ4v) is 4.02. The summed E-state index contributed by atoms with van der Waals surface area (Å²) in [6.07, 6.45) is 0.525. The van der Waals surface area contributed by atoms with E-state index in [2.05, 4.69) is 22.0 Å². The molecule has 1 aliphatic rings. The van der Waals surface area contributed by atoms with Crippen molar-refractivity contribution in [3.8, 4) is 17.2 Å². The van der Waals surface area contributed by atoms with Gasteiger partial charge in [0.1, 0.15) is 0 Å². The Balaban J connectivity index is 1.43. The number of ether oxygens (including phenoxy) is 4. The first-order valence-corrected chi connectivity index (χ1v) is 11.8. The summed E-state index contributed by atoms with van der Waals surface area (Å²) in [5, 5.41) is 2.77. The maximum absolute atomic E-state index is 12.2. The van der Waals surface area contributed by atoms with Crippen molar-refractivity contribution in [1.82, 2.24) is 4.90 Å². The van der Waals surface area contributed by atoms with Gasteiger partial charge in [0.05, 0.1) is 21.3 Å². The highest BCUT2D eigenvalue weighted by molar-refractivity contribution is 5.93. The Kier molecular flexibility index (Phi) is 9.60. The molecule has 1 N–H and O–H groups in total. The molecule has 0 atom stereocenters. The number of benzene rings is 2. The minimum Gasteiger partial charge on any atom is -0.493 e. The van der Waals surface area contributed by atoms with E-state index in [1.165, 1.54) is 21.3 Å². The highest BCUT2D eigenvalue weighted by atomic mass is 16.5. The van der Waals surface area contributed by atoms with E-state index in [0.717, 1.165) is 44.0 Å². The Bertz CT molecular complexity index is 962. The SMILES string of the molecule is CCN1CCN(c2ccc(NC(=O)COC(=O)CCc3cc(OC)c(OC)c(OC)c3)cc2)CC1. The van der Waals surface area contributed by atoms with Gasteiger partial charge in [0.15, 0.2) is 18.1 Å². The molecule has 1 fully saturated rings. The van der Waals surface area contributed by atoms with Gasteiger partial charge in [-0.15, -0.1) is 0 Å². The van der Waals surface area contributed by atoms with Crippen LogP contribution in [0.25, 0.3) is 0 Å². The van der Waals surface area contributed by atoms with Crippen LogP contribution in [-0.4, -0.2) is 77.4 Å². The van der Waals surface area contributed by atoms with Crippen molar-refractivity contribution in [3.05, 3.63) is 42.0 Å². The van der Waals surface area contributed by atoms with Gasteiger partial charge in [-0.1, -0.05) is 6.92 Å². The lowest BCUT2D eigenvalue weighted by molar-refractivity contribution is -0.147. The number of amides is 1. The lowest BCUT2D eigenvalue weighted by Crippen LogP contribution is -2.46. The third-order valence-corrected chi connectivity index (χ3v) is 6.04. The smallest absolute Gasteiger partial charge is 0.306 e. The number of nitrogens with zero attached hydrogens (tertiary/aromatic N) is 2. The van der Waals surface area contributed by atoms with Crippen molar-refractivity contribution in [2.45, 2.75) is 19.8 Å². The third kappa shape index (κ3) is 7.26. The second-order valence-corrected chi connectivity index (χ2v) is 8.21. The Labute approximate surface area is 206 Å². The Morgan fingerprint density at radius 3 is 2.09 bits per heavy atom. The van der Waals surface area contributed by atoms with Crippen molar-refractivity contribution in [3.63, 3.8) is 0 Å². The number of hydrogen-bond donors (Lipinski definition) is 1. The monoisotopic (exact) mass is 485 g/mol. The zero-order valence-corrected chi connectivity index (χ0v) is 21.0. The van der Waals surface area contributed by atoms with Crippen LogP contribution in [0.3, 0.4) is 0 Å². The number of nitrogens with one attached hydrogen (secondary N) is 1. The fraction of sp³-hybridized carbons (Fsp3) is 0.462. The third-order valence-electron chi connectivity index (χ3n) is 6.04. The highest BCUT2D eigenvalue weighted by Crippen LogP contribution is 2.38. The number of anilines is 2. The standard InChI is InChI=1S/C26H35N3O6/c1-5-28-12-14-29(15-13-28)21-9-7-20(8-10-21)27-24(30)18-35-25(31)11-6-19-16-22(32-2)26(34-4)23(17-19)33-3/h7-10,16-17H,5-6,11-15,18H2,1-4H3,(H,27,30). The number of piperazine rings is 1. The summed E-state index contributed by atoms with van der Waals surface area (Å²) in [6, 6.07) is 11.3. The summed E-state index contributed by atoms with van der Waals surface area (Å²) < 4.78 is 21.1. The number of hydrogen-bond acceptors (Lipinski definition) is 8. The van der Waals surface area contributed by atoms with Crippen LogP contribution in [0.5, 0.6) is 17.2 Å². The first-order chi connectivity index (χ1) is 17.0. The van der Waals surface area contributed by atoms with E-state index in [1.807, 2.05) is 24.3 Å². The number of aryl methyl sites for hydroxylation is 1. The molecular weight excluding hydrogens is 450 g/mol. The molecule has 0 aromatic heterocycles. The molecule has 1 aliphatic heterocycles. The number of carbonyl (C=O) groups is 2. The number of esters is 1. The molecule has 1 amide bonds. The second-order valence-electron chi connectivity index (χ2n) is 8.21. The largest absolute Gasteiger partial charge is 0.493 e. The summed E-state index contributed by atoms with van der Waals surface area (Å²) in [4.78, 5) is 29.2. The second kappa shape index (κ2) is 12.9. The molecule has 3 rings (SSSR count). The molecule has 0 unspecified atom stereocenters. The zero-order valence-electron chi connectivity index (χ0n) is 21.0. The molecule has 2 aromatic rings. The van der Waals surface area contributed by atoms with E-state index >= 15 is 0 Å². The summed E-state index contributed by atoms with van der Waals surface area (Å²) in [6.45, 7) is 7.01. The number of rotatable bonds is 11. The number of methoxy groups -OCH3 is 3. The van der Waals surface area contributed by atoms with Crippen LogP contribution in [-0.2, 0) is 20.7 Å².